The van der Waals surface area contributed by atoms with Crippen LogP contribution < -0.4 is 4.74 Å². The van der Waals surface area contributed by atoms with Crippen LogP contribution in [0.5, 0.6) is 11.5 Å². The quantitative estimate of drug-likeness (QED) is 0.507. The average molecular weight is 313 g/mol. The molecule has 2 aromatic carbocycles. The van der Waals surface area contributed by atoms with E-state index in [0.717, 1.165) is 16.7 Å². The minimum Gasteiger partial charge on any atom is -0.450 e. The Bertz CT molecular complexity index is 721. The molecule has 0 saturated carbocycles. The minimum atomic E-state index is -0.402. The van der Waals surface area contributed by atoms with Gasteiger partial charge in [-0.25, -0.2) is 0 Å². The summed E-state index contributed by atoms with van der Waals surface area (Å²) in [5.74, 6) is 1.61. The van der Waals surface area contributed by atoms with E-state index in [0.29, 0.717) is 17.4 Å². The zero-order chi connectivity index (χ0) is 17.1. The van der Waals surface area contributed by atoms with Crippen LogP contribution in [0.25, 0.3) is 0 Å². The molecular weight excluding hydrogens is 290 g/mol. The van der Waals surface area contributed by atoms with E-state index in [1.54, 1.807) is 12.1 Å². The molecule has 0 aliphatic rings. The first-order chi connectivity index (χ1) is 10.8. The van der Waals surface area contributed by atoms with E-state index in [1.807, 2.05) is 19.1 Å². The van der Waals surface area contributed by atoms with Crippen LogP contribution in [0.2, 0.25) is 0 Å². The Morgan fingerprint density at radius 3 is 1.96 bits per heavy atom. The smallest absolute Gasteiger partial charge is 0.311 e. The molecule has 0 aromatic heterocycles. The summed E-state index contributed by atoms with van der Waals surface area (Å²) >= 11 is 0. The third-order valence-electron chi connectivity index (χ3n) is 3.95. The van der Waals surface area contributed by atoms with E-state index in [9.17, 15) is 10.1 Å². The van der Waals surface area contributed by atoms with E-state index in [2.05, 4.69) is 33.8 Å². The maximum Gasteiger partial charge on any atom is 0.311 e. The zero-order valence-electron chi connectivity index (χ0n) is 14.3. The van der Waals surface area contributed by atoms with Crippen molar-refractivity contribution in [3.05, 3.63) is 63.2 Å². The van der Waals surface area contributed by atoms with Crippen LogP contribution in [0.3, 0.4) is 0 Å². The highest BCUT2D eigenvalue weighted by atomic mass is 16.6. The number of nitro benzene ring substituents is 1. The van der Waals surface area contributed by atoms with Crippen molar-refractivity contribution in [2.24, 2.45) is 0 Å². The van der Waals surface area contributed by atoms with Gasteiger partial charge in [-0.05, 0) is 47.6 Å². The molecule has 0 unspecified atom stereocenters. The molecule has 2 rings (SSSR count). The van der Waals surface area contributed by atoms with Gasteiger partial charge in [0.1, 0.15) is 5.75 Å². The van der Waals surface area contributed by atoms with Crippen molar-refractivity contribution >= 4 is 5.69 Å². The molecule has 2 aromatic rings. The van der Waals surface area contributed by atoms with Crippen LogP contribution in [0, 0.1) is 17.0 Å². The van der Waals surface area contributed by atoms with Gasteiger partial charge in [0.15, 0.2) is 0 Å². The van der Waals surface area contributed by atoms with Crippen molar-refractivity contribution in [1.82, 2.24) is 0 Å². The molecule has 0 atom stereocenters. The Balaban J connectivity index is 2.48. The van der Waals surface area contributed by atoms with E-state index in [4.69, 9.17) is 4.74 Å². The second-order valence-electron chi connectivity index (χ2n) is 6.42. The summed E-state index contributed by atoms with van der Waals surface area (Å²) in [4.78, 5) is 10.9. The summed E-state index contributed by atoms with van der Waals surface area (Å²) in [6.45, 7) is 10.3. The van der Waals surface area contributed by atoms with Gasteiger partial charge in [-0.15, -0.1) is 0 Å². The summed E-state index contributed by atoms with van der Waals surface area (Å²) < 4.78 is 5.94. The van der Waals surface area contributed by atoms with Crippen LogP contribution >= 0.6 is 0 Å². The van der Waals surface area contributed by atoms with Gasteiger partial charge < -0.3 is 4.74 Å². The molecule has 0 radical (unpaired) electrons. The molecular formula is C19H23NO3. The molecule has 0 spiro atoms. The van der Waals surface area contributed by atoms with Crippen LogP contribution in [0.4, 0.5) is 5.69 Å². The molecule has 23 heavy (non-hydrogen) atoms. The van der Waals surface area contributed by atoms with Gasteiger partial charge in [-0.2, -0.15) is 0 Å². The maximum absolute atomic E-state index is 11.3. The van der Waals surface area contributed by atoms with Crippen molar-refractivity contribution in [2.75, 3.05) is 0 Å². The predicted octanol–water partition coefficient (Wildman–Crippen LogP) is 5.94. The van der Waals surface area contributed by atoms with Gasteiger partial charge in [0, 0.05) is 6.07 Å². The monoisotopic (exact) mass is 313 g/mol. The summed E-state index contributed by atoms with van der Waals surface area (Å²) in [6, 6.07) is 11.1. The van der Waals surface area contributed by atoms with E-state index in [-0.39, 0.29) is 11.6 Å². The van der Waals surface area contributed by atoms with Crippen molar-refractivity contribution in [2.45, 2.75) is 46.5 Å². The van der Waals surface area contributed by atoms with Crippen molar-refractivity contribution < 1.29 is 9.66 Å². The number of nitrogens with zero attached hydrogens (tertiary/aromatic N) is 1. The van der Waals surface area contributed by atoms with E-state index < -0.39 is 4.92 Å². The van der Waals surface area contributed by atoms with E-state index >= 15 is 0 Å². The normalized spacial score (nSPS) is 11.1. The Morgan fingerprint density at radius 2 is 1.43 bits per heavy atom. The lowest BCUT2D eigenvalue weighted by atomic mass is 10.0. The molecule has 4 heteroatoms. The molecule has 0 fully saturated rings. The fraction of sp³-hybridized carbons (Fsp3) is 0.368. The third kappa shape index (κ3) is 3.89. The van der Waals surface area contributed by atoms with Crippen LogP contribution in [0.1, 0.15) is 56.2 Å². The van der Waals surface area contributed by atoms with Gasteiger partial charge in [0.05, 0.1) is 4.92 Å². The molecule has 0 heterocycles. The summed E-state index contributed by atoms with van der Waals surface area (Å²) in [6.07, 6.45) is 0. The number of ether oxygens (including phenoxy) is 1. The second-order valence-corrected chi connectivity index (χ2v) is 6.42. The first-order valence-electron chi connectivity index (χ1n) is 7.86. The lowest BCUT2D eigenvalue weighted by Crippen LogP contribution is -1.98. The molecule has 0 amide bonds. The molecule has 4 nitrogen and oxygen atoms in total. The van der Waals surface area contributed by atoms with Gasteiger partial charge in [-0.1, -0.05) is 45.9 Å². The minimum absolute atomic E-state index is 0.0104. The van der Waals surface area contributed by atoms with Crippen LogP contribution in [0.15, 0.2) is 36.4 Å². The molecule has 122 valence electrons. The fourth-order valence-corrected chi connectivity index (χ4v) is 2.33. The van der Waals surface area contributed by atoms with Gasteiger partial charge in [0.25, 0.3) is 0 Å². The Hall–Kier alpha value is -2.36. The maximum atomic E-state index is 11.3. The highest BCUT2D eigenvalue weighted by molar-refractivity contribution is 5.52. The lowest BCUT2D eigenvalue weighted by molar-refractivity contribution is -0.385. The summed E-state index contributed by atoms with van der Waals surface area (Å²) in [7, 11) is 0. The number of aryl methyl sites for hydroxylation is 1. The zero-order valence-corrected chi connectivity index (χ0v) is 14.3. The van der Waals surface area contributed by atoms with Crippen molar-refractivity contribution in [1.29, 1.82) is 0 Å². The van der Waals surface area contributed by atoms with Crippen molar-refractivity contribution in [3.63, 3.8) is 0 Å². The third-order valence-corrected chi connectivity index (χ3v) is 3.95. The predicted molar refractivity (Wildman–Crippen MR) is 92.5 cm³/mol. The Morgan fingerprint density at radius 1 is 0.913 bits per heavy atom. The second kappa shape index (κ2) is 6.82. The molecule has 0 aliphatic heterocycles. The van der Waals surface area contributed by atoms with Crippen LogP contribution in [-0.2, 0) is 0 Å². The summed E-state index contributed by atoms with van der Waals surface area (Å²) in [5.41, 5.74) is 3.11. The Labute approximate surface area is 137 Å². The largest absolute Gasteiger partial charge is 0.450 e. The number of hydrogen-bond donors (Lipinski definition) is 0. The molecule has 0 bridgehead atoms. The van der Waals surface area contributed by atoms with Gasteiger partial charge >= 0.3 is 5.69 Å². The van der Waals surface area contributed by atoms with E-state index in [1.165, 1.54) is 6.07 Å². The SMILES string of the molecule is Cc1ccc(C(C)C)cc1Oc1cc(C(C)C)ccc1[N+](=O)[O-]. The number of rotatable bonds is 5. The highest BCUT2D eigenvalue weighted by Gasteiger charge is 2.18. The number of hydrogen-bond acceptors (Lipinski definition) is 3. The number of benzene rings is 2. The van der Waals surface area contributed by atoms with Gasteiger partial charge in [-0.3, -0.25) is 10.1 Å². The fourth-order valence-electron chi connectivity index (χ4n) is 2.33. The van der Waals surface area contributed by atoms with Gasteiger partial charge in [0.2, 0.25) is 5.75 Å². The molecule has 0 N–H and O–H groups in total. The molecule has 0 aliphatic carbocycles. The standard InChI is InChI=1S/C19H23NO3/c1-12(2)15-7-6-14(5)18(10-15)23-19-11-16(13(3)4)8-9-17(19)20(21)22/h6-13H,1-5H3. The average Bonchev–Trinajstić information content (AvgIpc) is 2.48. The van der Waals surface area contributed by atoms with Crippen LogP contribution in [-0.4, -0.2) is 4.92 Å². The van der Waals surface area contributed by atoms with Crippen molar-refractivity contribution in [3.8, 4) is 11.5 Å². The number of nitro groups is 1. The Kier molecular flexibility index (Phi) is 5.04. The highest BCUT2D eigenvalue weighted by Crippen LogP contribution is 2.36. The first-order valence-corrected chi connectivity index (χ1v) is 7.86. The first kappa shape index (κ1) is 17.0. The summed E-state index contributed by atoms with van der Waals surface area (Å²) in [5, 5.41) is 11.3. The lowest BCUT2D eigenvalue weighted by Gasteiger charge is -2.14. The molecule has 0 saturated heterocycles. The topological polar surface area (TPSA) is 52.4 Å².